The van der Waals surface area contributed by atoms with Gasteiger partial charge in [-0.15, -0.1) is 0 Å². The van der Waals surface area contributed by atoms with Gasteiger partial charge >= 0.3 is 0 Å². The molecule has 0 amide bonds. The molecule has 0 aromatic rings. The van der Waals surface area contributed by atoms with Gasteiger partial charge in [0.05, 0.1) is 6.04 Å². The summed E-state index contributed by atoms with van der Waals surface area (Å²) in [4.78, 5) is 6.24. The molecule has 1 unspecified atom stereocenters. The number of hydrogen-bond donors (Lipinski definition) is 1. The smallest absolute Gasteiger partial charge is 0.152 e. The van der Waals surface area contributed by atoms with Crippen molar-refractivity contribution in [1.82, 2.24) is 9.88 Å². The SMILES string of the molecule is CC1=C(C)C(N(C)C)C(C)=C1[Si](C)(C)NC(C)(C)C. The van der Waals surface area contributed by atoms with Gasteiger partial charge in [0.1, 0.15) is 0 Å². The Morgan fingerprint density at radius 3 is 1.79 bits per heavy atom. The largest absolute Gasteiger partial charge is 0.329 e. The molecule has 1 aliphatic rings. The monoisotopic (exact) mass is 280 g/mol. The summed E-state index contributed by atoms with van der Waals surface area (Å²) in [7, 11) is 2.74. The minimum Gasteiger partial charge on any atom is -0.329 e. The second-order valence-electron chi connectivity index (χ2n) is 7.73. The summed E-state index contributed by atoms with van der Waals surface area (Å²) in [6.07, 6.45) is 0. The van der Waals surface area contributed by atoms with Crippen LogP contribution in [0.25, 0.3) is 0 Å². The Hall–Kier alpha value is -0.383. The first-order valence-corrected chi connectivity index (χ1v) is 10.2. The lowest BCUT2D eigenvalue weighted by Gasteiger charge is -2.36. The van der Waals surface area contributed by atoms with Crippen molar-refractivity contribution in [3.63, 3.8) is 0 Å². The van der Waals surface area contributed by atoms with Gasteiger partial charge in [0.25, 0.3) is 0 Å². The molecule has 3 heteroatoms. The molecule has 0 bridgehead atoms. The van der Waals surface area contributed by atoms with Crippen LogP contribution in [0.4, 0.5) is 0 Å². The van der Waals surface area contributed by atoms with E-state index < -0.39 is 8.24 Å². The zero-order valence-corrected chi connectivity index (χ0v) is 15.5. The molecule has 19 heavy (non-hydrogen) atoms. The van der Waals surface area contributed by atoms with Crippen LogP contribution in [0.5, 0.6) is 0 Å². The first kappa shape index (κ1) is 16.7. The van der Waals surface area contributed by atoms with Crippen LogP contribution in [-0.2, 0) is 0 Å². The van der Waals surface area contributed by atoms with Crippen LogP contribution in [-0.4, -0.2) is 38.8 Å². The van der Waals surface area contributed by atoms with Crippen molar-refractivity contribution in [1.29, 1.82) is 0 Å². The molecule has 0 aromatic carbocycles. The van der Waals surface area contributed by atoms with E-state index in [1.165, 1.54) is 11.1 Å². The molecule has 1 atom stereocenters. The molecule has 110 valence electrons. The third-order valence-corrected chi connectivity index (χ3v) is 7.40. The van der Waals surface area contributed by atoms with Crippen LogP contribution >= 0.6 is 0 Å². The number of rotatable bonds is 3. The summed E-state index contributed by atoms with van der Waals surface area (Å²) in [5, 5.41) is 1.62. The molecule has 0 saturated heterocycles. The molecule has 0 aliphatic heterocycles. The fourth-order valence-corrected chi connectivity index (χ4v) is 8.15. The van der Waals surface area contributed by atoms with Crippen LogP contribution in [0.15, 0.2) is 21.9 Å². The molecule has 0 saturated carbocycles. The Morgan fingerprint density at radius 1 is 1.00 bits per heavy atom. The average molecular weight is 281 g/mol. The van der Waals surface area contributed by atoms with Crippen molar-refractivity contribution in [2.45, 2.75) is 66.2 Å². The normalized spacial score (nSPS) is 21.9. The quantitative estimate of drug-likeness (QED) is 0.793. The fraction of sp³-hybridized carbons (Fsp3) is 0.750. The van der Waals surface area contributed by atoms with E-state index in [0.717, 1.165) is 0 Å². The molecule has 0 heterocycles. The van der Waals surface area contributed by atoms with Gasteiger partial charge in [0.15, 0.2) is 8.24 Å². The van der Waals surface area contributed by atoms with E-state index in [9.17, 15) is 0 Å². The molecule has 1 N–H and O–H groups in total. The van der Waals surface area contributed by atoms with E-state index in [2.05, 4.69) is 78.6 Å². The van der Waals surface area contributed by atoms with Crippen LogP contribution in [0.3, 0.4) is 0 Å². The molecule has 0 radical (unpaired) electrons. The maximum absolute atomic E-state index is 3.91. The maximum Gasteiger partial charge on any atom is 0.152 e. The van der Waals surface area contributed by atoms with Crippen molar-refractivity contribution >= 4 is 8.24 Å². The van der Waals surface area contributed by atoms with Gasteiger partial charge in [-0.05, 0) is 72.0 Å². The summed E-state index contributed by atoms with van der Waals surface area (Å²) < 4.78 is 0. The van der Waals surface area contributed by atoms with Crippen molar-refractivity contribution in [3.8, 4) is 0 Å². The number of nitrogens with one attached hydrogen (secondary N) is 1. The van der Waals surface area contributed by atoms with E-state index in [1.807, 2.05) is 0 Å². The summed E-state index contributed by atoms with van der Waals surface area (Å²) in [6, 6.07) is 0.489. The summed E-state index contributed by atoms with van der Waals surface area (Å²) in [5.41, 5.74) is 4.76. The Kier molecular flexibility index (Phi) is 4.55. The van der Waals surface area contributed by atoms with Gasteiger partial charge in [-0.2, -0.15) is 0 Å². The molecular formula is C16H32N2Si. The predicted molar refractivity (Wildman–Crippen MR) is 88.9 cm³/mol. The van der Waals surface area contributed by atoms with E-state index >= 15 is 0 Å². The lowest BCUT2D eigenvalue weighted by molar-refractivity contribution is 0.368. The Labute approximate surface area is 121 Å². The van der Waals surface area contributed by atoms with Crippen molar-refractivity contribution < 1.29 is 0 Å². The van der Waals surface area contributed by atoms with E-state index in [4.69, 9.17) is 0 Å². The van der Waals surface area contributed by atoms with E-state index in [0.29, 0.717) is 6.04 Å². The zero-order valence-electron chi connectivity index (χ0n) is 14.5. The Balaban J connectivity index is 3.25. The zero-order chi connectivity index (χ0) is 15.2. The predicted octanol–water partition coefficient (Wildman–Crippen LogP) is 3.72. The van der Waals surface area contributed by atoms with Crippen LogP contribution < -0.4 is 4.98 Å². The molecule has 0 spiro atoms. The molecule has 1 rings (SSSR count). The second kappa shape index (κ2) is 5.19. The Morgan fingerprint density at radius 2 is 1.47 bits per heavy atom. The minimum atomic E-state index is -1.62. The average Bonchev–Trinajstić information content (AvgIpc) is 2.33. The fourth-order valence-electron chi connectivity index (χ4n) is 3.90. The van der Waals surface area contributed by atoms with E-state index in [-0.39, 0.29) is 5.54 Å². The lowest BCUT2D eigenvalue weighted by Crippen LogP contribution is -2.56. The summed E-state index contributed by atoms with van der Waals surface area (Å²) in [6.45, 7) is 18.6. The lowest BCUT2D eigenvalue weighted by atomic mass is 10.1. The number of hydrogen-bond acceptors (Lipinski definition) is 2. The highest BCUT2D eigenvalue weighted by atomic mass is 28.3. The van der Waals surface area contributed by atoms with Gasteiger partial charge in [-0.25, -0.2) is 0 Å². The third kappa shape index (κ3) is 3.39. The van der Waals surface area contributed by atoms with Gasteiger partial charge in [0.2, 0.25) is 0 Å². The van der Waals surface area contributed by atoms with Gasteiger partial charge in [-0.3, -0.25) is 4.90 Å². The van der Waals surface area contributed by atoms with Crippen molar-refractivity contribution in [3.05, 3.63) is 21.9 Å². The maximum atomic E-state index is 3.91. The highest BCUT2D eigenvalue weighted by Crippen LogP contribution is 2.38. The number of nitrogens with zero attached hydrogens (tertiary/aromatic N) is 1. The van der Waals surface area contributed by atoms with Crippen LogP contribution in [0.2, 0.25) is 13.1 Å². The number of allylic oxidation sites excluding steroid dienone is 2. The van der Waals surface area contributed by atoms with Crippen molar-refractivity contribution in [2.75, 3.05) is 14.1 Å². The van der Waals surface area contributed by atoms with Gasteiger partial charge in [0, 0.05) is 5.54 Å². The van der Waals surface area contributed by atoms with Gasteiger partial charge < -0.3 is 4.98 Å². The van der Waals surface area contributed by atoms with Gasteiger partial charge in [-0.1, -0.05) is 18.7 Å². The molecular weight excluding hydrogens is 248 g/mol. The topological polar surface area (TPSA) is 15.3 Å². The Bertz CT molecular complexity index is 423. The summed E-state index contributed by atoms with van der Waals surface area (Å²) >= 11 is 0. The molecule has 1 aliphatic carbocycles. The minimum absolute atomic E-state index is 0.174. The first-order chi connectivity index (χ1) is 8.38. The summed E-state index contributed by atoms with van der Waals surface area (Å²) in [5.74, 6) is 0. The highest BCUT2D eigenvalue weighted by Gasteiger charge is 2.39. The van der Waals surface area contributed by atoms with Crippen molar-refractivity contribution in [2.24, 2.45) is 0 Å². The molecule has 0 aromatic heterocycles. The van der Waals surface area contributed by atoms with Crippen LogP contribution in [0.1, 0.15) is 41.5 Å². The molecule has 0 fully saturated rings. The third-order valence-electron chi connectivity index (χ3n) is 4.01. The first-order valence-electron chi connectivity index (χ1n) is 7.23. The molecule has 2 nitrogen and oxygen atoms in total. The number of likely N-dealkylation sites (N-methyl/N-ethyl adjacent to an activating group) is 1. The second-order valence-corrected chi connectivity index (χ2v) is 11.7. The highest BCUT2D eigenvalue weighted by molar-refractivity contribution is 6.83. The van der Waals surface area contributed by atoms with E-state index in [1.54, 1.807) is 10.8 Å². The van der Waals surface area contributed by atoms with Crippen LogP contribution in [0, 0.1) is 0 Å². The standard InChI is InChI=1S/C16H32N2Si/c1-11-12(2)15(13(3)14(11)18(7)8)19(9,10)17-16(4,5)6/h14,17H,1-10H3.